The Kier molecular flexibility index (Phi) is 6.74. The van der Waals surface area contributed by atoms with E-state index >= 15 is 0 Å². The van der Waals surface area contributed by atoms with Gasteiger partial charge >= 0.3 is 0 Å². The van der Waals surface area contributed by atoms with Crippen molar-refractivity contribution in [2.45, 2.75) is 44.6 Å². The minimum atomic E-state index is 0.488. The lowest BCUT2D eigenvalue weighted by Crippen LogP contribution is -2.34. The van der Waals surface area contributed by atoms with Gasteiger partial charge in [-0.15, -0.1) is 23.1 Å². The third-order valence-electron chi connectivity index (χ3n) is 3.24. The summed E-state index contributed by atoms with van der Waals surface area (Å²) >= 11 is 3.70. The summed E-state index contributed by atoms with van der Waals surface area (Å²) in [6, 6.07) is 9.28. The Labute approximate surface area is 136 Å². The molecule has 1 unspecified atom stereocenters. The van der Waals surface area contributed by atoms with Crippen LogP contribution in [0.3, 0.4) is 0 Å². The SMILES string of the molecule is CCCNC(CSc1ccc(C)cc1)Cc1nc(C)cs1. The Morgan fingerprint density at radius 3 is 2.62 bits per heavy atom. The molecule has 0 bridgehead atoms. The average molecular weight is 321 g/mol. The van der Waals surface area contributed by atoms with Gasteiger partial charge in [0.15, 0.2) is 0 Å². The van der Waals surface area contributed by atoms with Crippen molar-refractivity contribution < 1.29 is 0 Å². The Morgan fingerprint density at radius 2 is 2.00 bits per heavy atom. The molecule has 0 fully saturated rings. The molecule has 0 amide bonds. The molecule has 0 saturated heterocycles. The van der Waals surface area contributed by atoms with E-state index in [1.165, 1.54) is 21.9 Å². The van der Waals surface area contributed by atoms with Crippen molar-refractivity contribution >= 4 is 23.1 Å². The number of benzene rings is 1. The quantitative estimate of drug-likeness (QED) is 0.727. The third kappa shape index (κ3) is 5.81. The summed E-state index contributed by atoms with van der Waals surface area (Å²) in [4.78, 5) is 5.94. The van der Waals surface area contributed by atoms with Crippen LogP contribution in [-0.4, -0.2) is 23.3 Å². The Balaban J connectivity index is 1.90. The lowest BCUT2D eigenvalue weighted by atomic mass is 10.2. The van der Waals surface area contributed by atoms with Crippen LogP contribution in [0.25, 0.3) is 0 Å². The molecule has 1 aromatic heterocycles. The van der Waals surface area contributed by atoms with Gasteiger partial charge in [0.2, 0.25) is 0 Å². The first kappa shape index (κ1) is 16.5. The van der Waals surface area contributed by atoms with E-state index in [0.29, 0.717) is 6.04 Å². The molecule has 1 heterocycles. The highest BCUT2D eigenvalue weighted by Crippen LogP contribution is 2.21. The fourth-order valence-corrected chi connectivity index (χ4v) is 3.89. The zero-order valence-corrected chi connectivity index (χ0v) is 14.7. The molecule has 1 N–H and O–H groups in total. The number of thioether (sulfide) groups is 1. The van der Waals surface area contributed by atoms with Crippen LogP contribution in [0.2, 0.25) is 0 Å². The lowest BCUT2D eigenvalue weighted by Gasteiger charge is -2.17. The maximum Gasteiger partial charge on any atom is 0.0943 e. The maximum absolute atomic E-state index is 4.59. The van der Waals surface area contributed by atoms with Gasteiger partial charge in [0, 0.05) is 34.2 Å². The van der Waals surface area contributed by atoms with Crippen molar-refractivity contribution in [2.24, 2.45) is 0 Å². The summed E-state index contributed by atoms with van der Waals surface area (Å²) in [5.74, 6) is 1.09. The Hall–Kier alpha value is -0.840. The molecular formula is C17H24N2S2. The normalized spacial score (nSPS) is 12.5. The topological polar surface area (TPSA) is 24.9 Å². The van der Waals surface area contributed by atoms with Gasteiger partial charge in [-0.3, -0.25) is 0 Å². The van der Waals surface area contributed by atoms with Gasteiger partial charge in [0.1, 0.15) is 0 Å². The molecule has 0 aliphatic rings. The number of aryl methyl sites for hydroxylation is 2. The van der Waals surface area contributed by atoms with Gasteiger partial charge < -0.3 is 5.32 Å². The number of aromatic nitrogens is 1. The minimum Gasteiger partial charge on any atom is -0.313 e. The predicted octanol–water partition coefficient (Wildman–Crippen LogP) is 4.46. The van der Waals surface area contributed by atoms with E-state index in [2.05, 4.69) is 60.7 Å². The predicted molar refractivity (Wildman–Crippen MR) is 94.5 cm³/mol. The van der Waals surface area contributed by atoms with Gasteiger partial charge in [0.25, 0.3) is 0 Å². The van der Waals surface area contributed by atoms with Crippen molar-refractivity contribution in [3.63, 3.8) is 0 Å². The van der Waals surface area contributed by atoms with E-state index in [9.17, 15) is 0 Å². The van der Waals surface area contributed by atoms with E-state index in [-0.39, 0.29) is 0 Å². The first-order valence-corrected chi connectivity index (χ1v) is 9.37. The first-order valence-electron chi connectivity index (χ1n) is 7.51. The highest BCUT2D eigenvalue weighted by atomic mass is 32.2. The van der Waals surface area contributed by atoms with Crippen LogP contribution in [0.4, 0.5) is 0 Å². The van der Waals surface area contributed by atoms with E-state index in [1.54, 1.807) is 11.3 Å². The second kappa shape index (κ2) is 8.57. The van der Waals surface area contributed by atoms with Crippen LogP contribution < -0.4 is 5.32 Å². The summed E-state index contributed by atoms with van der Waals surface area (Å²) < 4.78 is 0. The van der Waals surface area contributed by atoms with E-state index < -0.39 is 0 Å². The van der Waals surface area contributed by atoms with Gasteiger partial charge in [-0.25, -0.2) is 4.98 Å². The van der Waals surface area contributed by atoms with Gasteiger partial charge in [-0.2, -0.15) is 0 Å². The van der Waals surface area contributed by atoms with Crippen molar-refractivity contribution in [1.29, 1.82) is 0 Å². The zero-order valence-electron chi connectivity index (χ0n) is 13.1. The number of rotatable bonds is 8. The summed E-state index contributed by atoms with van der Waals surface area (Å²) in [6.07, 6.45) is 2.19. The fourth-order valence-electron chi connectivity index (χ4n) is 2.08. The standard InChI is InChI=1S/C17H24N2S2/c1-4-9-18-15(10-17-19-14(3)11-21-17)12-20-16-7-5-13(2)6-8-16/h5-8,11,15,18H,4,9-10,12H2,1-3H3. The molecule has 1 atom stereocenters. The number of thiazole rings is 1. The summed E-state index contributed by atoms with van der Waals surface area (Å²) in [5.41, 5.74) is 2.45. The molecule has 0 radical (unpaired) electrons. The van der Waals surface area contributed by atoms with Crippen molar-refractivity contribution in [3.8, 4) is 0 Å². The average Bonchev–Trinajstić information content (AvgIpc) is 2.89. The van der Waals surface area contributed by atoms with Crippen molar-refractivity contribution in [1.82, 2.24) is 10.3 Å². The summed E-state index contributed by atoms with van der Waals surface area (Å²) in [6.45, 7) is 7.48. The molecule has 0 aliphatic carbocycles. The molecule has 2 rings (SSSR count). The highest BCUT2D eigenvalue weighted by molar-refractivity contribution is 7.99. The largest absolute Gasteiger partial charge is 0.313 e. The molecule has 114 valence electrons. The molecule has 0 spiro atoms. The highest BCUT2D eigenvalue weighted by Gasteiger charge is 2.12. The molecule has 2 nitrogen and oxygen atoms in total. The molecule has 0 saturated carbocycles. The lowest BCUT2D eigenvalue weighted by molar-refractivity contribution is 0.549. The number of nitrogens with one attached hydrogen (secondary N) is 1. The molecule has 2 aromatic rings. The fraction of sp³-hybridized carbons (Fsp3) is 0.471. The molecule has 4 heteroatoms. The number of hydrogen-bond acceptors (Lipinski definition) is 4. The second-order valence-electron chi connectivity index (χ2n) is 5.36. The van der Waals surface area contributed by atoms with E-state index in [4.69, 9.17) is 0 Å². The third-order valence-corrected chi connectivity index (χ3v) is 5.41. The summed E-state index contributed by atoms with van der Waals surface area (Å²) in [7, 11) is 0. The van der Waals surface area contributed by atoms with Gasteiger partial charge in [-0.1, -0.05) is 24.6 Å². The van der Waals surface area contributed by atoms with Crippen molar-refractivity contribution in [2.75, 3.05) is 12.3 Å². The maximum atomic E-state index is 4.59. The number of hydrogen-bond donors (Lipinski definition) is 1. The van der Waals surface area contributed by atoms with E-state index in [0.717, 1.165) is 24.4 Å². The van der Waals surface area contributed by atoms with E-state index in [1.807, 2.05) is 11.8 Å². The molecule has 1 aromatic carbocycles. The second-order valence-corrected chi connectivity index (χ2v) is 7.40. The first-order chi connectivity index (χ1) is 10.2. The van der Waals surface area contributed by atoms with Crippen LogP contribution >= 0.6 is 23.1 Å². The van der Waals surface area contributed by atoms with Crippen LogP contribution in [0.1, 0.15) is 29.6 Å². The summed E-state index contributed by atoms with van der Waals surface area (Å²) in [5, 5.41) is 7.03. The smallest absolute Gasteiger partial charge is 0.0943 e. The molecule has 21 heavy (non-hydrogen) atoms. The molecular weight excluding hydrogens is 296 g/mol. The van der Waals surface area contributed by atoms with Gasteiger partial charge in [0.05, 0.1) is 5.01 Å². The Morgan fingerprint density at radius 1 is 1.24 bits per heavy atom. The van der Waals surface area contributed by atoms with Crippen LogP contribution in [0.15, 0.2) is 34.5 Å². The zero-order chi connectivity index (χ0) is 15.1. The minimum absolute atomic E-state index is 0.488. The van der Waals surface area contributed by atoms with Crippen LogP contribution in [0.5, 0.6) is 0 Å². The van der Waals surface area contributed by atoms with Crippen LogP contribution in [0, 0.1) is 13.8 Å². The monoisotopic (exact) mass is 320 g/mol. The Bertz CT molecular complexity index is 534. The number of nitrogens with zero attached hydrogens (tertiary/aromatic N) is 1. The van der Waals surface area contributed by atoms with Crippen LogP contribution in [-0.2, 0) is 6.42 Å². The van der Waals surface area contributed by atoms with Crippen molar-refractivity contribution in [3.05, 3.63) is 45.9 Å². The molecule has 0 aliphatic heterocycles. The van der Waals surface area contributed by atoms with Gasteiger partial charge in [-0.05, 0) is 38.9 Å².